The van der Waals surface area contributed by atoms with Crippen LogP contribution < -0.4 is 16.5 Å². The Morgan fingerprint density at radius 2 is 1.97 bits per heavy atom. The Hall–Kier alpha value is -3.39. The van der Waals surface area contributed by atoms with Crippen LogP contribution in [0.3, 0.4) is 0 Å². The molecule has 13 heteroatoms. The molecule has 0 aliphatic heterocycles. The van der Waals surface area contributed by atoms with E-state index >= 15 is 0 Å². The molecule has 1 saturated carbocycles. The smallest absolute Gasteiger partial charge is 0.263 e. The fourth-order valence-corrected chi connectivity index (χ4v) is 5.49. The largest absolute Gasteiger partial charge is 0.508 e. The van der Waals surface area contributed by atoms with Gasteiger partial charge in [-0.25, -0.2) is 8.78 Å². The lowest BCUT2D eigenvalue weighted by atomic mass is 9.57. The third-order valence-electron chi connectivity index (χ3n) is 7.06. The number of likely N-dealkylation sites (N-methyl/N-ethyl adjacent to an activating group) is 1. The molecule has 1 aromatic rings. The van der Waals surface area contributed by atoms with Crippen LogP contribution >= 0.6 is 0 Å². The van der Waals surface area contributed by atoms with E-state index in [0.29, 0.717) is 11.1 Å². The number of amides is 1. The number of carbonyl (C=O) groups excluding carboxylic acids is 3. The fourth-order valence-electron chi connectivity index (χ4n) is 5.49. The second-order valence-corrected chi connectivity index (χ2v) is 8.94. The number of phenols is 1. The van der Waals surface area contributed by atoms with Crippen molar-refractivity contribution in [2.24, 2.45) is 17.6 Å². The van der Waals surface area contributed by atoms with Gasteiger partial charge in [-0.3, -0.25) is 19.2 Å². The number of aliphatic hydroxyl groups excluding tert-OH is 2. The first-order chi connectivity index (χ1) is 16.9. The molecule has 4 rings (SSSR count). The van der Waals surface area contributed by atoms with Crippen LogP contribution in [-0.2, 0) is 32.2 Å². The number of carbonyl (C=O) groups is 3. The third-order valence-corrected chi connectivity index (χ3v) is 7.06. The van der Waals surface area contributed by atoms with E-state index < -0.39 is 71.1 Å². The molecule has 3 aliphatic rings. The molecular formula is C23H25F2N3O8. The molecule has 1 aromatic carbocycles. The highest BCUT2D eigenvalue weighted by molar-refractivity contribution is 6.24. The van der Waals surface area contributed by atoms with Gasteiger partial charge in [0.2, 0.25) is 5.78 Å². The van der Waals surface area contributed by atoms with Crippen molar-refractivity contribution in [1.82, 2.24) is 10.8 Å². The van der Waals surface area contributed by atoms with Crippen LogP contribution in [0.15, 0.2) is 29.0 Å². The number of aromatic hydroxyl groups is 1. The Kier molecular flexibility index (Phi) is 6.60. The molecule has 11 nitrogen and oxygen atoms in total. The maximum atomic E-state index is 13.6. The van der Waals surface area contributed by atoms with E-state index in [0.717, 1.165) is 0 Å². The number of fused-ring (bicyclic) bond motifs is 3. The van der Waals surface area contributed by atoms with Crippen molar-refractivity contribution in [2.45, 2.75) is 37.5 Å². The van der Waals surface area contributed by atoms with Crippen molar-refractivity contribution in [3.63, 3.8) is 0 Å². The minimum absolute atomic E-state index is 0.0604. The van der Waals surface area contributed by atoms with Gasteiger partial charge in [0.05, 0.1) is 11.6 Å². The number of hydrogen-bond donors (Lipinski definition) is 7. The summed E-state index contributed by atoms with van der Waals surface area (Å²) in [5.41, 5.74) is 4.52. The van der Waals surface area contributed by atoms with Gasteiger partial charge < -0.3 is 31.5 Å². The third kappa shape index (κ3) is 3.75. The second-order valence-electron chi connectivity index (χ2n) is 8.94. The Balaban J connectivity index is 1.81. The number of nitrogens with one attached hydrogen (secondary N) is 2. The Bertz CT molecular complexity index is 1210. The summed E-state index contributed by atoms with van der Waals surface area (Å²) in [5, 5.41) is 46.4. The number of phenolic OH excluding ortho intramolecular Hbond substituents is 1. The zero-order chi connectivity index (χ0) is 26.5. The Morgan fingerprint density at radius 1 is 1.28 bits per heavy atom. The molecule has 0 unspecified atom stereocenters. The second kappa shape index (κ2) is 9.24. The number of halogens is 2. The maximum Gasteiger partial charge on any atom is 0.263 e. The van der Waals surface area contributed by atoms with Gasteiger partial charge in [-0.2, -0.15) is 5.48 Å². The van der Waals surface area contributed by atoms with Gasteiger partial charge in [0.15, 0.2) is 11.4 Å². The number of benzene rings is 1. The number of primary amides is 1. The predicted molar refractivity (Wildman–Crippen MR) is 118 cm³/mol. The standard InChI is InChI=1S/C23H25F2N3O8/c1-27-17-11-5-9-4-10-8(6-28-36-7-13(24)25)2-3-12(29)15(10)18(30)14(9)20(32)23(11,35)21(33)16(19(17)31)22(26)34/h2-3,9,11,13,17,27-30,33,35H,4-7H2,1H3,(H2,26,34)/t9-,11-,17+,23-/m0/s1. The molecule has 8 N–H and O–H groups in total. The van der Waals surface area contributed by atoms with Crippen LogP contribution in [0, 0.1) is 11.8 Å². The maximum absolute atomic E-state index is 13.6. The average Bonchev–Trinajstić information content (AvgIpc) is 2.80. The average molecular weight is 509 g/mol. The van der Waals surface area contributed by atoms with E-state index in [1.807, 2.05) is 0 Å². The number of hydroxylamine groups is 1. The van der Waals surface area contributed by atoms with Crippen LogP contribution in [0.5, 0.6) is 5.75 Å². The summed E-state index contributed by atoms with van der Waals surface area (Å²) < 4.78 is 24.7. The van der Waals surface area contributed by atoms with Crippen molar-refractivity contribution in [3.8, 4) is 5.75 Å². The van der Waals surface area contributed by atoms with Gasteiger partial charge in [-0.15, -0.1) is 0 Å². The SMILES string of the molecule is CN[C@H]1C(=O)C(C(N)=O)=C(O)[C@@]2(O)C(=O)C3=C(O)c4c(O)ccc(CNOCC(F)F)c4C[C@H]3C[C@@H]12. The van der Waals surface area contributed by atoms with E-state index in [2.05, 4.69) is 10.8 Å². The van der Waals surface area contributed by atoms with Crippen molar-refractivity contribution < 1.29 is 48.4 Å². The molecule has 194 valence electrons. The number of Topliss-reactive ketones (excluding diaryl/α,β-unsaturated/α-hetero) is 2. The quantitative estimate of drug-likeness (QED) is 0.148. The van der Waals surface area contributed by atoms with Gasteiger partial charge in [0.1, 0.15) is 29.4 Å². The molecular weight excluding hydrogens is 484 g/mol. The topological polar surface area (TPSA) is 191 Å². The first-order valence-corrected chi connectivity index (χ1v) is 11.1. The lowest BCUT2D eigenvalue weighted by molar-refractivity contribution is -0.150. The molecule has 1 amide bonds. The molecule has 1 fully saturated rings. The van der Waals surface area contributed by atoms with Crippen LogP contribution in [0.4, 0.5) is 8.78 Å². The molecule has 0 heterocycles. The molecule has 0 spiro atoms. The van der Waals surface area contributed by atoms with E-state index in [1.165, 1.54) is 19.2 Å². The summed E-state index contributed by atoms with van der Waals surface area (Å²) in [7, 11) is 1.38. The van der Waals surface area contributed by atoms with Crippen molar-refractivity contribution >= 4 is 23.2 Å². The van der Waals surface area contributed by atoms with Crippen molar-refractivity contribution in [1.29, 1.82) is 0 Å². The van der Waals surface area contributed by atoms with Crippen LogP contribution in [0.1, 0.15) is 23.1 Å². The normalized spacial score (nSPS) is 27.8. The van der Waals surface area contributed by atoms with E-state index in [4.69, 9.17) is 10.6 Å². The summed E-state index contributed by atoms with van der Waals surface area (Å²) in [6, 6.07) is 1.50. The van der Waals surface area contributed by atoms with E-state index in [9.17, 15) is 43.6 Å². The molecule has 4 atom stereocenters. The number of alkyl halides is 2. The Labute approximate surface area is 203 Å². The zero-order valence-corrected chi connectivity index (χ0v) is 19.0. The molecule has 0 aromatic heterocycles. The van der Waals surface area contributed by atoms with Gasteiger partial charge in [0.25, 0.3) is 12.3 Å². The van der Waals surface area contributed by atoms with Gasteiger partial charge in [0, 0.05) is 18.0 Å². The number of hydrogen-bond acceptors (Lipinski definition) is 10. The first kappa shape index (κ1) is 25.7. The number of aliphatic hydroxyl groups is 3. The number of ketones is 2. The molecule has 0 radical (unpaired) electrons. The fraction of sp³-hybridized carbons (Fsp3) is 0.435. The predicted octanol–water partition coefficient (Wildman–Crippen LogP) is -0.0919. The van der Waals surface area contributed by atoms with Crippen molar-refractivity contribution in [3.05, 3.63) is 45.7 Å². The van der Waals surface area contributed by atoms with Crippen molar-refractivity contribution in [2.75, 3.05) is 13.7 Å². The minimum Gasteiger partial charge on any atom is -0.508 e. The van der Waals surface area contributed by atoms with Gasteiger partial charge in [-0.1, -0.05) is 6.07 Å². The molecule has 36 heavy (non-hydrogen) atoms. The lowest BCUT2D eigenvalue weighted by Crippen LogP contribution is -2.65. The van der Waals surface area contributed by atoms with E-state index in [1.54, 1.807) is 0 Å². The minimum atomic E-state index is -2.72. The summed E-state index contributed by atoms with van der Waals surface area (Å²) in [6.45, 7) is -0.911. The number of rotatable bonds is 7. The zero-order valence-electron chi connectivity index (χ0n) is 19.0. The highest BCUT2D eigenvalue weighted by Crippen LogP contribution is 2.52. The first-order valence-electron chi connectivity index (χ1n) is 11.1. The summed E-state index contributed by atoms with van der Waals surface area (Å²) >= 11 is 0. The van der Waals surface area contributed by atoms with Crippen LogP contribution in [-0.4, -0.2) is 69.6 Å². The Morgan fingerprint density at radius 3 is 2.58 bits per heavy atom. The van der Waals surface area contributed by atoms with Gasteiger partial charge >= 0.3 is 0 Å². The van der Waals surface area contributed by atoms with E-state index in [-0.39, 0.29) is 36.3 Å². The molecule has 0 saturated heterocycles. The number of nitrogens with two attached hydrogens (primary N) is 1. The van der Waals surface area contributed by atoms with Crippen LogP contribution in [0.2, 0.25) is 0 Å². The summed E-state index contributed by atoms with van der Waals surface area (Å²) in [5.74, 6) is -7.48. The highest BCUT2D eigenvalue weighted by atomic mass is 19.3. The van der Waals surface area contributed by atoms with Gasteiger partial charge in [-0.05, 0) is 43.0 Å². The monoisotopic (exact) mass is 509 g/mol. The lowest BCUT2D eigenvalue weighted by Gasteiger charge is -2.49. The molecule has 0 bridgehead atoms. The summed E-state index contributed by atoms with van der Waals surface area (Å²) in [4.78, 5) is 43.0. The highest BCUT2D eigenvalue weighted by Gasteiger charge is 2.63. The van der Waals surface area contributed by atoms with Crippen LogP contribution in [0.25, 0.3) is 5.76 Å². The molecule has 3 aliphatic carbocycles. The summed E-state index contributed by atoms with van der Waals surface area (Å²) in [6.07, 6.45) is -2.68.